The van der Waals surface area contributed by atoms with Crippen LogP contribution < -0.4 is 15.4 Å². The maximum Gasteiger partial charge on any atom is 0.331 e. The van der Waals surface area contributed by atoms with Crippen molar-refractivity contribution in [3.05, 3.63) is 24.3 Å². The summed E-state index contributed by atoms with van der Waals surface area (Å²) in [6, 6.07) is 6.58. The lowest BCUT2D eigenvalue weighted by Gasteiger charge is -2.23. The molecule has 0 aromatic heterocycles. The molecule has 1 rings (SSSR count). The van der Waals surface area contributed by atoms with E-state index >= 15 is 0 Å². The molecule has 0 atom stereocenters. The molecule has 2 N–H and O–H groups in total. The van der Waals surface area contributed by atoms with Crippen molar-refractivity contribution < 1.29 is 19.1 Å². The van der Waals surface area contributed by atoms with Gasteiger partial charge in [-0.2, -0.15) is 0 Å². The van der Waals surface area contributed by atoms with Gasteiger partial charge in [-0.3, -0.25) is 0 Å². The minimum atomic E-state index is -1.10. The van der Waals surface area contributed by atoms with Gasteiger partial charge >= 0.3 is 12.0 Å². The predicted octanol–water partition coefficient (Wildman–Crippen LogP) is 2.94. The lowest BCUT2D eigenvalue weighted by Crippen LogP contribution is -2.51. The number of carbonyl (C=O) groups is 2. The fraction of sp³-hybridized carbons (Fsp3) is 0.500. The fourth-order valence-corrected chi connectivity index (χ4v) is 1.72. The summed E-state index contributed by atoms with van der Waals surface area (Å²) in [6.07, 6.45) is 2.08. The van der Waals surface area contributed by atoms with Crippen LogP contribution in [0.25, 0.3) is 0 Å². The number of urea groups is 1. The number of benzene rings is 1. The van der Waals surface area contributed by atoms with Gasteiger partial charge in [-0.1, -0.05) is 13.3 Å². The van der Waals surface area contributed by atoms with Crippen molar-refractivity contribution >= 4 is 17.7 Å². The predicted molar refractivity (Wildman–Crippen MR) is 85.1 cm³/mol. The summed E-state index contributed by atoms with van der Waals surface area (Å²) in [7, 11) is 1.28. The third-order valence-electron chi connectivity index (χ3n) is 3.00. The number of amides is 2. The van der Waals surface area contributed by atoms with E-state index in [-0.39, 0.29) is 0 Å². The molecule has 0 unspecified atom stereocenters. The van der Waals surface area contributed by atoms with Gasteiger partial charge in [0.2, 0.25) is 0 Å². The molecule has 0 saturated carbocycles. The first-order valence-corrected chi connectivity index (χ1v) is 7.29. The molecular formula is C16H24N2O4. The number of esters is 1. The number of rotatable bonds is 7. The van der Waals surface area contributed by atoms with E-state index in [0.29, 0.717) is 12.3 Å². The van der Waals surface area contributed by atoms with Crippen LogP contribution in [0, 0.1) is 0 Å². The molecular weight excluding hydrogens is 284 g/mol. The van der Waals surface area contributed by atoms with Gasteiger partial charge < -0.3 is 20.1 Å². The fourth-order valence-electron chi connectivity index (χ4n) is 1.72. The maximum absolute atomic E-state index is 11.9. The number of hydrogen-bond donors (Lipinski definition) is 2. The second-order valence-electron chi connectivity index (χ2n) is 5.42. The zero-order chi connectivity index (χ0) is 16.6. The third kappa shape index (κ3) is 5.63. The second kappa shape index (κ2) is 8.26. The average Bonchev–Trinajstić information content (AvgIpc) is 2.47. The summed E-state index contributed by atoms with van der Waals surface area (Å²) in [5.74, 6) is 0.247. The van der Waals surface area contributed by atoms with Gasteiger partial charge in [-0.15, -0.1) is 0 Å². The van der Waals surface area contributed by atoms with E-state index in [1.54, 1.807) is 38.1 Å². The molecule has 1 aromatic rings. The zero-order valence-corrected chi connectivity index (χ0v) is 13.6. The van der Waals surface area contributed by atoms with Crippen LogP contribution in [0.4, 0.5) is 10.5 Å². The Morgan fingerprint density at radius 3 is 2.36 bits per heavy atom. The first kappa shape index (κ1) is 17.8. The summed E-state index contributed by atoms with van der Waals surface area (Å²) >= 11 is 0. The molecule has 0 spiro atoms. The minimum absolute atomic E-state index is 0.477. The Kier molecular flexibility index (Phi) is 6.69. The van der Waals surface area contributed by atoms with Gasteiger partial charge in [0.1, 0.15) is 11.3 Å². The highest BCUT2D eigenvalue weighted by Crippen LogP contribution is 2.16. The molecule has 0 saturated heterocycles. The average molecular weight is 308 g/mol. The van der Waals surface area contributed by atoms with E-state index in [1.165, 1.54) is 7.11 Å². The Morgan fingerprint density at radius 2 is 1.82 bits per heavy atom. The quantitative estimate of drug-likeness (QED) is 0.600. The molecule has 122 valence electrons. The third-order valence-corrected chi connectivity index (χ3v) is 3.00. The topological polar surface area (TPSA) is 76.7 Å². The van der Waals surface area contributed by atoms with E-state index in [9.17, 15) is 9.59 Å². The van der Waals surface area contributed by atoms with Crippen LogP contribution in [0.3, 0.4) is 0 Å². The molecule has 0 aliphatic carbocycles. The number of ether oxygens (including phenoxy) is 2. The van der Waals surface area contributed by atoms with Gasteiger partial charge in [-0.05, 0) is 44.5 Å². The van der Waals surface area contributed by atoms with Crippen molar-refractivity contribution in [3.63, 3.8) is 0 Å². The standard InChI is InChI=1S/C16H24N2O4/c1-5-6-11-22-13-9-7-12(8-10-13)17-15(20)18-16(2,3)14(19)21-4/h7-10H,5-6,11H2,1-4H3,(H2,17,18,20). The Balaban J connectivity index is 2.53. The second-order valence-corrected chi connectivity index (χ2v) is 5.42. The Bertz CT molecular complexity index is 497. The van der Waals surface area contributed by atoms with E-state index < -0.39 is 17.5 Å². The van der Waals surface area contributed by atoms with E-state index in [0.717, 1.165) is 18.6 Å². The minimum Gasteiger partial charge on any atom is -0.494 e. The zero-order valence-electron chi connectivity index (χ0n) is 13.6. The molecule has 0 aliphatic rings. The summed E-state index contributed by atoms with van der Waals surface area (Å²) < 4.78 is 10.2. The Morgan fingerprint density at radius 1 is 1.18 bits per heavy atom. The molecule has 0 radical (unpaired) electrons. The number of unbranched alkanes of at least 4 members (excludes halogenated alkanes) is 1. The molecule has 0 bridgehead atoms. The van der Waals surface area contributed by atoms with E-state index in [1.807, 2.05) is 0 Å². The molecule has 0 heterocycles. The number of methoxy groups -OCH3 is 1. The molecule has 6 nitrogen and oxygen atoms in total. The van der Waals surface area contributed by atoms with Crippen LogP contribution >= 0.6 is 0 Å². The van der Waals surface area contributed by atoms with Crippen molar-refractivity contribution in [2.24, 2.45) is 0 Å². The monoisotopic (exact) mass is 308 g/mol. The lowest BCUT2D eigenvalue weighted by molar-refractivity contribution is -0.146. The highest BCUT2D eigenvalue weighted by molar-refractivity contribution is 5.93. The lowest BCUT2D eigenvalue weighted by atomic mass is 10.1. The number of carbonyl (C=O) groups excluding carboxylic acids is 2. The molecule has 6 heteroatoms. The van der Waals surface area contributed by atoms with Crippen molar-refractivity contribution in [1.82, 2.24) is 5.32 Å². The van der Waals surface area contributed by atoms with Gasteiger partial charge in [0.15, 0.2) is 0 Å². The smallest absolute Gasteiger partial charge is 0.331 e. The van der Waals surface area contributed by atoms with Crippen molar-refractivity contribution in [1.29, 1.82) is 0 Å². The van der Waals surface area contributed by atoms with Gasteiger partial charge in [-0.25, -0.2) is 9.59 Å². The summed E-state index contributed by atoms with van der Waals surface area (Å²) in [5, 5.41) is 5.21. The first-order chi connectivity index (χ1) is 10.4. The van der Waals surface area contributed by atoms with Crippen molar-refractivity contribution in [2.45, 2.75) is 39.2 Å². The SMILES string of the molecule is CCCCOc1ccc(NC(=O)NC(C)(C)C(=O)OC)cc1. The largest absolute Gasteiger partial charge is 0.494 e. The van der Waals surface area contributed by atoms with Crippen LogP contribution in [-0.2, 0) is 9.53 Å². The number of anilines is 1. The van der Waals surface area contributed by atoms with Gasteiger partial charge in [0.05, 0.1) is 13.7 Å². The van der Waals surface area contributed by atoms with E-state index in [4.69, 9.17) is 4.74 Å². The van der Waals surface area contributed by atoms with Gasteiger partial charge in [0.25, 0.3) is 0 Å². The molecule has 0 fully saturated rings. The highest BCUT2D eigenvalue weighted by atomic mass is 16.5. The first-order valence-electron chi connectivity index (χ1n) is 7.29. The Hall–Kier alpha value is -2.24. The van der Waals surface area contributed by atoms with Crippen molar-refractivity contribution in [3.8, 4) is 5.75 Å². The van der Waals surface area contributed by atoms with Crippen LogP contribution in [0.1, 0.15) is 33.6 Å². The van der Waals surface area contributed by atoms with Crippen LogP contribution in [0.2, 0.25) is 0 Å². The van der Waals surface area contributed by atoms with E-state index in [2.05, 4.69) is 22.3 Å². The Labute approximate surface area is 131 Å². The summed E-state index contributed by atoms with van der Waals surface area (Å²) in [4.78, 5) is 23.4. The van der Waals surface area contributed by atoms with Crippen molar-refractivity contribution in [2.75, 3.05) is 19.0 Å². The summed E-state index contributed by atoms with van der Waals surface area (Å²) in [5.41, 5.74) is -0.483. The number of nitrogens with one attached hydrogen (secondary N) is 2. The molecule has 1 aromatic carbocycles. The molecule has 0 aliphatic heterocycles. The highest BCUT2D eigenvalue weighted by Gasteiger charge is 2.30. The van der Waals surface area contributed by atoms with Gasteiger partial charge in [0, 0.05) is 5.69 Å². The molecule has 22 heavy (non-hydrogen) atoms. The molecule has 2 amide bonds. The normalized spacial score (nSPS) is 10.7. The van der Waals surface area contributed by atoms with Crippen LogP contribution in [-0.4, -0.2) is 31.3 Å². The summed E-state index contributed by atoms with van der Waals surface area (Å²) in [6.45, 7) is 5.92. The maximum atomic E-state index is 11.9. The van der Waals surface area contributed by atoms with Crippen LogP contribution in [0.5, 0.6) is 5.75 Å². The number of hydrogen-bond acceptors (Lipinski definition) is 4. The van der Waals surface area contributed by atoms with Crippen LogP contribution in [0.15, 0.2) is 24.3 Å².